The fraction of sp³-hybridized carbons (Fsp3) is 0.600. The van der Waals surface area contributed by atoms with E-state index in [-0.39, 0.29) is 0 Å². The van der Waals surface area contributed by atoms with Crippen LogP contribution in [0.5, 0.6) is 5.75 Å². The highest BCUT2D eigenvalue weighted by Gasteiger charge is 2.23. The van der Waals surface area contributed by atoms with Crippen molar-refractivity contribution < 1.29 is 9.84 Å². The van der Waals surface area contributed by atoms with Crippen LogP contribution in [-0.2, 0) is 0 Å². The number of nitrogens with zero attached hydrogens (tertiary/aromatic N) is 2. The topological polar surface area (TPSA) is 62.0 Å². The van der Waals surface area contributed by atoms with Crippen LogP contribution < -0.4 is 15.4 Å². The molecule has 2 rings (SSSR count). The highest BCUT2D eigenvalue weighted by Crippen LogP contribution is 2.28. The number of piperazine rings is 1. The number of aliphatic hydroxyl groups is 1. The number of rotatable bonds is 4. The van der Waals surface area contributed by atoms with Gasteiger partial charge in [0.05, 0.1) is 24.1 Å². The van der Waals surface area contributed by atoms with E-state index in [0.717, 1.165) is 43.3 Å². The van der Waals surface area contributed by atoms with Crippen molar-refractivity contribution in [3.05, 3.63) is 18.2 Å². The molecule has 1 aliphatic rings. The molecule has 20 heavy (non-hydrogen) atoms. The second-order valence-electron chi connectivity index (χ2n) is 6.00. The van der Waals surface area contributed by atoms with Gasteiger partial charge in [0.25, 0.3) is 0 Å². The average Bonchev–Trinajstić information content (AvgIpc) is 2.38. The molecule has 0 bridgehead atoms. The van der Waals surface area contributed by atoms with E-state index in [0.29, 0.717) is 6.54 Å². The maximum absolute atomic E-state index is 9.87. The minimum atomic E-state index is -0.638. The molecule has 3 N–H and O–H groups in total. The van der Waals surface area contributed by atoms with E-state index in [1.54, 1.807) is 7.11 Å². The van der Waals surface area contributed by atoms with E-state index in [4.69, 9.17) is 10.5 Å². The summed E-state index contributed by atoms with van der Waals surface area (Å²) < 4.78 is 5.17. The van der Waals surface area contributed by atoms with Gasteiger partial charge in [-0.15, -0.1) is 0 Å². The van der Waals surface area contributed by atoms with Gasteiger partial charge in [0, 0.05) is 38.8 Å². The molecule has 1 aliphatic heterocycles. The Bertz CT molecular complexity index is 449. The van der Waals surface area contributed by atoms with Gasteiger partial charge in [-0.25, -0.2) is 0 Å². The number of anilines is 2. The van der Waals surface area contributed by atoms with Crippen molar-refractivity contribution in [2.24, 2.45) is 0 Å². The van der Waals surface area contributed by atoms with E-state index in [1.165, 1.54) is 0 Å². The first-order valence-electron chi connectivity index (χ1n) is 7.02. The van der Waals surface area contributed by atoms with E-state index in [9.17, 15) is 5.11 Å². The minimum Gasteiger partial charge on any atom is -0.497 e. The summed E-state index contributed by atoms with van der Waals surface area (Å²) in [7, 11) is 1.64. The summed E-state index contributed by atoms with van der Waals surface area (Å²) in [5.74, 6) is 0.784. The summed E-state index contributed by atoms with van der Waals surface area (Å²) in [6, 6.07) is 5.81. The zero-order valence-corrected chi connectivity index (χ0v) is 12.6. The SMILES string of the molecule is COc1ccc(N2CCN(CC(C)(C)O)CC2)c(N)c1. The Morgan fingerprint density at radius 2 is 1.90 bits per heavy atom. The van der Waals surface area contributed by atoms with E-state index in [1.807, 2.05) is 32.0 Å². The van der Waals surface area contributed by atoms with Crippen LogP contribution in [0.1, 0.15) is 13.8 Å². The molecule has 112 valence electrons. The van der Waals surface area contributed by atoms with Crippen molar-refractivity contribution in [2.45, 2.75) is 19.4 Å². The summed E-state index contributed by atoms with van der Waals surface area (Å²) in [5.41, 5.74) is 7.27. The van der Waals surface area contributed by atoms with Gasteiger partial charge in [0.1, 0.15) is 5.75 Å². The molecule has 1 saturated heterocycles. The maximum atomic E-state index is 9.87. The molecular weight excluding hydrogens is 254 g/mol. The number of methoxy groups -OCH3 is 1. The molecule has 0 atom stereocenters. The molecule has 0 amide bonds. The molecule has 0 spiro atoms. The van der Waals surface area contributed by atoms with E-state index >= 15 is 0 Å². The van der Waals surface area contributed by atoms with Crippen molar-refractivity contribution in [1.29, 1.82) is 0 Å². The second kappa shape index (κ2) is 5.89. The van der Waals surface area contributed by atoms with Gasteiger partial charge >= 0.3 is 0 Å². The lowest BCUT2D eigenvalue weighted by Crippen LogP contribution is -2.50. The molecule has 5 heteroatoms. The standard InChI is InChI=1S/C15H25N3O2/c1-15(2,19)11-17-6-8-18(9-7-17)14-5-4-12(20-3)10-13(14)16/h4-5,10,19H,6-9,11,16H2,1-3H3. The third kappa shape index (κ3) is 3.77. The number of hydrogen-bond donors (Lipinski definition) is 2. The normalized spacial score (nSPS) is 17.3. The maximum Gasteiger partial charge on any atom is 0.121 e. The van der Waals surface area contributed by atoms with Gasteiger partial charge in [-0.05, 0) is 26.0 Å². The van der Waals surface area contributed by atoms with Crippen molar-refractivity contribution >= 4 is 11.4 Å². The smallest absolute Gasteiger partial charge is 0.121 e. The number of benzene rings is 1. The van der Waals surface area contributed by atoms with Gasteiger partial charge < -0.3 is 20.5 Å². The van der Waals surface area contributed by atoms with Gasteiger partial charge in [0.2, 0.25) is 0 Å². The Kier molecular flexibility index (Phi) is 4.40. The Labute approximate surface area is 120 Å². The molecule has 0 radical (unpaired) electrons. The molecule has 0 saturated carbocycles. The lowest BCUT2D eigenvalue weighted by molar-refractivity contribution is 0.0345. The lowest BCUT2D eigenvalue weighted by atomic mass is 10.1. The second-order valence-corrected chi connectivity index (χ2v) is 6.00. The monoisotopic (exact) mass is 279 g/mol. The summed E-state index contributed by atoms with van der Waals surface area (Å²) in [6.07, 6.45) is 0. The van der Waals surface area contributed by atoms with Gasteiger partial charge in [-0.1, -0.05) is 0 Å². The van der Waals surface area contributed by atoms with Crippen LogP contribution in [0.4, 0.5) is 11.4 Å². The van der Waals surface area contributed by atoms with E-state index < -0.39 is 5.60 Å². The molecular formula is C15H25N3O2. The molecule has 1 heterocycles. The van der Waals surface area contributed by atoms with Crippen molar-refractivity contribution in [3.8, 4) is 5.75 Å². The summed E-state index contributed by atoms with van der Waals surface area (Å²) in [6.45, 7) is 8.13. The predicted molar refractivity (Wildman–Crippen MR) is 82.4 cm³/mol. The Balaban J connectivity index is 1.97. The van der Waals surface area contributed by atoms with Crippen LogP contribution in [0.2, 0.25) is 0 Å². The van der Waals surface area contributed by atoms with Crippen LogP contribution in [0.3, 0.4) is 0 Å². The lowest BCUT2D eigenvalue weighted by Gasteiger charge is -2.38. The zero-order valence-electron chi connectivity index (χ0n) is 12.6. The average molecular weight is 279 g/mol. The van der Waals surface area contributed by atoms with Gasteiger partial charge in [0.15, 0.2) is 0 Å². The number of hydrogen-bond acceptors (Lipinski definition) is 5. The Morgan fingerprint density at radius 3 is 2.40 bits per heavy atom. The third-order valence-corrected chi connectivity index (χ3v) is 3.56. The highest BCUT2D eigenvalue weighted by molar-refractivity contribution is 5.69. The van der Waals surface area contributed by atoms with Crippen LogP contribution in [0.25, 0.3) is 0 Å². The number of ether oxygens (including phenoxy) is 1. The third-order valence-electron chi connectivity index (χ3n) is 3.56. The predicted octanol–water partition coefficient (Wildman–Crippen LogP) is 1.17. The molecule has 0 aliphatic carbocycles. The van der Waals surface area contributed by atoms with Crippen molar-refractivity contribution in [2.75, 3.05) is 50.5 Å². The summed E-state index contributed by atoms with van der Waals surface area (Å²) in [5, 5.41) is 9.87. The van der Waals surface area contributed by atoms with Crippen LogP contribution in [0, 0.1) is 0 Å². The summed E-state index contributed by atoms with van der Waals surface area (Å²) >= 11 is 0. The summed E-state index contributed by atoms with van der Waals surface area (Å²) in [4.78, 5) is 4.58. The number of nitrogen functional groups attached to an aromatic ring is 1. The first-order chi connectivity index (χ1) is 9.39. The molecule has 1 aromatic rings. The van der Waals surface area contributed by atoms with Crippen LogP contribution >= 0.6 is 0 Å². The van der Waals surface area contributed by atoms with Crippen LogP contribution in [-0.4, -0.2) is 55.4 Å². The first kappa shape index (κ1) is 14.9. The highest BCUT2D eigenvalue weighted by atomic mass is 16.5. The Morgan fingerprint density at radius 1 is 1.25 bits per heavy atom. The fourth-order valence-electron chi connectivity index (χ4n) is 2.64. The quantitative estimate of drug-likeness (QED) is 0.810. The van der Waals surface area contributed by atoms with Gasteiger partial charge in [-0.3, -0.25) is 4.90 Å². The number of β-amino-alcohol motifs (C(OH)–C–C–N with tert-alkyl or cyclic N) is 1. The Hall–Kier alpha value is -1.46. The molecule has 5 nitrogen and oxygen atoms in total. The molecule has 0 unspecified atom stereocenters. The zero-order chi connectivity index (χ0) is 14.8. The molecule has 0 aromatic heterocycles. The van der Waals surface area contributed by atoms with Crippen molar-refractivity contribution in [3.63, 3.8) is 0 Å². The molecule has 1 aromatic carbocycles. The van der Waals surface area contributed by atoms with Gasteiger partial charge in [-0.2, -0.15) is 0 Å². The van der Waals surface area contributed by atoms with E-state index in [2.05, 4.69) is 9.80 Å². The van der Waals surface area contributed by atoms with Crippen LogP contribution in [0.15, 0.2) is 18.2 Å². The minimum absolute atomic E-state index is 0.638. The van der Waals surface area contributed by atoms with Crippen molar-refractivity contribution in [1.82, 2.24) is 4.90 Å². The molecule has 1 fully saturated rings. The fourth-order valence-corrected chi connectivity index (χ4v) is 2.64. The number of nitrogens with two attached hydrogens (primary N) is 1. The largest absolute Gasteiger partial charge is 0.497 e. The first-order valence-corrected chi connectivity index (χ1v) is 7.02.